The highest BCUT2D eigenvalue weighted by molar-refractivity contribution is 8.02. The number of nitrogens with one attached hydrogen (secondary N) is 2. The highest BCUT2D eigenvalue weighted by Crippen LogP contribution is 2.49. The maximum Gasteiger partial charge on any atom is 0.350 e. The summed E-state index contributed by atoms with van der Waals surface area (Å²) in [6, 6.07) is -0.452. The number of fused-ring (bicyclic) bond motifs is 1. The van der Waals surface area contributed by atoms with Crippen LogP contribution in [0.5, 0.6) is 11.5 Å². The highest BCUT2D eigenvalue weighted by Gasteiger charge is 2.66. The van der Waals surface area contributed by atoms with Gasteiger partial charge in [0.05, 0.1) is 23.7 Å². The minimum atomic E-state index is -2.09. The predicted molar refractivity (Wildman–Crippen MR) is 168 cm³/mol. The molecular weight excluding hydrogens is 730 g/mol. The molecule has 3 atom stereocenters. The minimum Gasteiger partial charge on any atom is -0.504 e. The number of amides is 5. The molecular formula is C26H24ClN9O12S2. The third kappa shape index (κ3) is 5.51. The fourth-order valence-electron chi connectivity index (χ4n) is 5.51. The van der Waals surface area contributed by atoms with Gasteiger partial charge in [-0.15, -0.1) is 0 Å². The average Bonchev–Trinajstić information content (AvgIpc) is 3.75. The van der Waals surface area contributed by atoms with E-state index in [1.54, 1.807) is 0 Å². The molecule has 4 aliphatic rings. The molecule has 6 rings (SSSR count). The summed E-state index contributed by atoms with van der Waals surface area (Å²) < 4.78 is 3.92. The normalized spacial score (nSPS) is 23.9. The van der Waals surface area contributed by atoms with Gasteiger partial charge in [-0.25, -0.2) is 19.4 Å². The zero-order valence-electron chi connectivity index (χ0n) is 25.1. The number of oxime groups is 1. The molecule has 1 aliphatic carbocycles. The van der Waals surface area contributed by atoms with Crippen molar-refractivity contribution < 1.29 is 58.8 Å². The first-order chi connectivity index (χ1) is 23.6. The number of carbonyl (C=O) groups is 7. The molecule has 8 N–H and O–H groups in total. The van der Waals surface area contributed by atoms with E-state index in [0.717, 1.165) is 21.9 Å². The molecule has 264 valence electrons. The van der Waals surface area contributed by atoms with Gasteiger partial charge in [0.25, 0.3) is 11.7 Å². The molecule has 0 spiro atoms. The van der Waals surface area contributed by atoms with Crippen LogP contribution in [0.25, 0.3) is 0 Å². The number of nitrogens with zero attached hydrogens (tertiary/aromatic N) is 6. The number of hydrogen-bond donors (Lipinski definition) is 7. The molecule has 50 heavy (non-hydrogen) atoms. The lowest BCUT2D eigenvalue weighted by Gasteiger charge is -2.41. The molecule has 2 aromatic rings. The molecule has 2 unspecified atom stereocenters. The third-order valence-electron chi connectivity index (χ3n) is 8.42. The van der Waals surface area contributed by atoms with Crippen LogP contribution < -0.4 is 16.5 Å². The molecule has 0 bridgehead atoms. The van der Waals surface area contributed by atoms with Crippen LogP contribution in [-0.2, 0) is 28.8 Å². The number of nitrogen functional groups attached to an aromatic ring is 1. The summed E-state index contributed by atoms with van der Waals surface area (Å²) in [7, 11) is 0. The Balaban J connectivity index is 1.16. The number of hydrazine groups is 1. The number of aliphatic carboxylic acids is 2. The van der Waals surface area contributed by atoms with Crippen molar-refractivity contribution in [3.63, 3.8) is 0 Å². The van der Waals surface area contributed by atoms with Crippen molar-refractivity contribution in [2.75, 3.05) is 25.4 Å². The van der Waals surface area contributed by atoms with E-state index < -0.39 is 97.7 Å². The first-order valence-corrected chi connectivity index (χ1v) is 16.4. The summed E-state index contributed by atoms with van der Waals surface area (Å²) in [5.41, 5.74) is 5.00. The van der Waals surface area contributed by atoms with Crippen molar-refractivity contribution in [3.8, 4) is 11.5 Å². The minimum absolute atomic E-state index is 0.0473. The molecule has 24 heteroatoms. The number of aromatic nitrogens is 2. The van der Waals surface area contributed by atoms with Crippen LogP contribution in [0.3, 0.4) is 0 Å². The van der Waals surface area contributed by atoms with Crippen molar-refractivity contribution >= 4 is 87.2 Å². The van der Waals surface area contributed by atoms with E-state index in [4.69, 9.17) is 22.2 Å². The first kappa shape index (κ1) is 34.4. The van der Waals surface area contributed by atoms with Crippen molar-refractivity contribution in [1.29, 1.82) is 0 Å². The number of thioether (sulfide) groups is 1. The quantitative estimate of drug-likeness (QED) is 0.0352. The number of Topliss-reactive ketones (excluding diaryl/α,β-unsaturated/α-hetero) is 1. The van der Waals surface area contributed by atoms with Gasteiger partial charge in [0.2, 0.25) is 27.9 Å². The smallest absolute Gasteiger partial charge is 0.350 e. The Kier molecular flexibility index (Phi) is 8.59. The van der Waals surface area contributed by atoms with Gasteiger partial charge in [0.1, 0.15) is 11.4 Å². The number of carboxylic acid groups (broad SMARTS) is 2. The van der Waals surface area contributed by atoms with Crippen LogP contribution in [0, 0.1) is 0 Å². The Labute approximate surface area is 292 Å². The number of urea groups is 1. The van der Waals surface area contributed by atoms with E-state index in [1.807, 2.05) is 0 Å². The monoisotopic (exact) mass is 753 g/mol. The zero-order chi connectivity index (χ0) is 36.3. The summed E-state index contributed by atoms with van der Waals surface area (Å²) >= 11 is 7.25. The topological polar surface area (TPSA) is 308 Å². The van der Waals surface area contributed by atoms with E-state index >= 15 is 0 Å². The number of rotatable bonds is 11. The number of hydrogen-bond acceptors (Lipinski definition) is 16. The Morgan fingerprint density at radius 1 is 1.08 bits per heavy atom. The molecule has 3 saturated heterocycles. The number of aromatic hydroxyl groups is 2. The lowest BCUT2D eigenvalue weighted by molar-refractivity contribution is -0.178. The molecule has 4 heterocycles. The molecule has 4 fully saturated rings. The van der Waals surface area contributed by atoms with E-state index in [0.29, 0.717) is 34.7 Å². The number of phenols is 2. The van der Waals surface area contributed by atoms with Crippen molar-refractivity contribution in [2.45, 2.75) is 41.2 Å². The van der Waals surface area contributed by atoms with Crippen LogP contribution in [0.15, 0.2) is 17.3 Å². The van der Waals surface area contributed by atoms with Crippen molar-refractivity contribution in [2.24, 2.45) is 5.16 Å². The second kappa shape index (κ2) is 12.5. The third-order valence-corrected chi connectivity index (χ3v) is 11.0. The fourth-order valence-corrected chi connectivity index (χ4v) is 7.82. The number of phenolic OH excluding ortho intramolecular Hbond substituents is 2. The largest absolute Gasteiger partial charge is 0.504 e. The van der Waals surface area contributed by atoms with E-state index in [-0.39, 0.29) is 36.9 Å². The predicted octanol–water partition coefficient (Wildman–Crippen LogP) is -1.25. The lowest BCUT2D eigenvalue weighted by atomic mass is 9.80. The number of β-lactam (4-membered cyclic amide) rings is 1. The second-order valence-electron chi connectivity index (χ2n) is 11.3. The van der Waals surface area contributed by atoms with Crippen LogP contribution in [-0.4, -0.2) is 133 Å². The summed E-state index contributed by atoms with van der Waals surface area (Å²) in [6.45, 7) is -1.05. The Morgan fingerprint density at radius 2 is 1.80 bits per heavy atom. The van der Waals surface area contributed by atoms with Crippen molar-refractivity contribution in [1.82, 2.24) is 34.9 Å². The molecule has 5 amide bonds. The van der Waals surface area contributed by atoms with E-state index in [2.05, 4.69) is 25.3 Å². The number of nitrogens with two attached hydrogens (primary N) is 1. The van der Waals surface area contributed by atoms with Crippen LogP contribution in [0.2, 0.25) is 5.02 Å². The summed E-state index contributed by atoms with van der Waals surface area (Å²) in [6.07, 6.45) is 0.802. The maximum absolute atomic E-state index is 13.4. The lowest BCUT2D eigenvalue weighted by Crippen LogP contribution is -2.68. The van der Waals surface area contributed by atoms with Gasteiger partial charge in [-0.2, -0.15) is 9.36 Å². The van der Waals surface area contributed by atoms with Crippen molar-refractivity contribution in [3.05, 3.63) is 28.5 Å². The molecule has 1 aromatic carbocycles. The molecule has 0 radical (unpaired) electrons. The Morgan fingerprint density at radius 3 is 2.40 bits per heavy atom. The average molecular weight is 754 g/mol. The molecule has 3 aliphatic heterocycles. The van der Waals surface area contributed by atoms with Gasteiger partial charge in [0, 0.05) is 30.9 Å². The van der Waals surface area contributed by atoms with E-state index in [9.17, 15) is 54.0 Å². The standard InChI is InChI=1S/C26H24ClN9O12S2/c27-11-9(2-3-10(37)15(11)39)14(38)18(41)31-36-7-6-35(24(36)47)26(22(45)46)8-34-19(42)13(20(34)49-26)29-17(40)12(16-30-23(28)50-33-16)32-48-25(21(43)44)4-1-5-25/h2-3,13,20,37,39H,1,4-8H2,(H,29,40)(H,31,41)(H,43,44)(H,45,46)(H2,28,30,33)/b32-12-/t13?,20-,26?/m1/s1. The number of ketones is 1. The Bertz CT molecular complexity index is 1900. The Hall–Kier alpha value is -5.42. The number of benzene rings is 1. The number of halogens is 1. The summed E-state index contributed by atoms with van der Waals surface area (Å²) in [4.78, 5) is 98.9. The van der Waals surface area contributed by atoms with Gasteiger partial charge in [-0.1, -0.05) is 28.5 Å². The van der Waals surface area contributed by atoms with E-state index in [1.165, 1.54) is 0 Å². The molecule has 1 saturated carbocycles. The SMILES string of the molecule is Nc1nc(/C(=N/OC2(C(=O)O)CCC2)C(=O)NC2C(=O)N3CC(C(=O)O)(N4CCN(NC(=O)C(=O)c5ccc(O)c(O)c5Cl)C4=O)S[C@H]23)ns1. The summed E-state index contributed by atoms with van der Waals surface area (Å²) in [5.74, 6) is -8.99. The molecule has 1 aromatic heterocycles. The molecule has 21 nitrogen and oxygen atoms in total. The van der Waals surface area contributed by atoms with Crippen LogP contribution in [0.4, 0.5) is 9.93 Å². The van der Waals surface area contributed by atoms with Gasteiger partial charge in [-0.05, 0) is 18.6 Å². The first-order valence-electron chi connectivity index (χ1n) is 14.4. The fraction of sp³-hybridized carbons (Fsp3) is 0.385. The zero-order valence-corrected chi connectivity index (χ0v) is 27.5. The highest BCUT2D eigenvalue weighted by atomic mass is 35.5. The van der Waals surface area contributed by atoms with Gasteiger partial charge >= 0.3 is 23.9 Å². The van der Waals surface area contributed by atoms with Gasteiger partial charge in [-0.3, -0.25) is 29.5 Å². The van der Waals surface area contributed by atoms with Gasteiger partial charge in [0.15, 0.2) is 16.6 Å². The van der Waals surface area contributed by atoms with Crippen LogP contribution >= 0.6 is 34.9 Å². The number of anilines is 1. The number of carbonyl (C=O) groups excluding carboxylic acids is 5. The van der Waals surface area contributed by atoms with Crippen LogP contribution in [0.1, 0.15) is 35.4 Å². The number of carboxylic acids is 2. The second-order valence-corrected chi connectivity index (χ2v) is 13.9. The van der Waals surface area contributed by atoms with Gasteiger partial charge < -0.3 is 41.2 Å². The summed E-state index contributed by atoms with van der Waals surface area (Å²) in [5, 5.41) is 44.4. The maximum atomic E-state index is 13.4.